The molecule has 1 atom stereocenters. The maximum Gasteiger partial charge on any atom is 0.229 e. The highest BCUT2D eigenvalue weighted by molar-refractivity contribution is 9.09. The lowest BCUT2D eigenvalue weighted by atomic mass is 10.0. The maximum absolute atomic E-state index is 11.6. The number of imide groups is 1. The third-order valence-electron chi connectivity index (χ3n) is 2.74. The number of alkyl halides is 1. The number of amides is 2. The van der Waals surface area contributed by atoms with Gasteiger partial charge in [-0.2, -0.15) is 0 Å². The first kappa shape index (κ1) is 12.7. The number of hydrogen-bond acceptors (Lipinski definition) is 2. The second-order valence-corrected chi connectivity index (χ2v) is 4.71. The summed E-state index contributed by atoms with van der Waals surface area (Å²) in [6.45, 7) is 2.71. The van der Waals surface area contributed by atoms with Crippen molar-refractivity contribution < 1.29 is 9.59 Å². The number of nitrogens with zero attached hydrogens (tertiary/aromatic N) is 1. The Morgan fingerprint density at radius 1 is 1.33 bits per heavy atom. The zero-order chi connectivity index (χ0) is 11.3. The van der Waals surface area contributed by atoms with E-state index in [1.54, 1.807) is 0 Å². The van der Waals surface area contributed by atoms with Gasteiger partial charge < -0.3 is 0 Å². The number of carbonyl (C=O) groups excluding carboxylic acids is 2. The molecule has 1 saturated heterocycles. The maximum atomic E-state index is 11.6. The van der Waals surface area contributed by atoms with Crippen molar-refractivity contribution in [2.24, 2.45) is 5.92 Å². The van der Waals surface area contributed by atoms with Crippen molar-refractivity contribution in [3.63, 3.8) is 0 Å². The van der Waals surface area contributed by atoms with Crippen LogP contribution in [0, 0.1) is 5.92 Å². The Morgan fingerprint density at radius 3 is 2.40 bits per heavy atom. The Kier molecular flexibility index (Phi) is 5.29. The third-order valence-corrected chi connectivity index (χ3v) is 3.65. The van der Waals surface area contributed by atoms with Crippen LogP contribution in [0.1, 0.15) is 39.0 Å². The fourth-order valence-electron chi connectivity index (χ4n) is 1.89. The number of halogens is 1. The number of hydrogen-bond donors (Lipinski definition) is 0. The molecule has 0 saturated carbocycles. The number of piperidine rings is 1. The Labute approximate surface area is 99.3 Å². The van der Waals surface area contributed by atoms with Gasteiger partial charge in [-0.1, -0.05) is 29.3 Å². The Balaban J connectivity index is 2.52. The lowest BCUT2D eigenvalue weighted by Crippen LogP contribution is -2.43. The summed E-state index contributed by atoms with van der Waals surface area (Å²) in [6, 6.07) is 0. The van der Waals surface area contributed by atoms with E-state index in [-0.39, 0.29) is 11.8 Å². The smallest absolute Gasteiger partial charge is 0.229 e. The van der Waals surface area contributed by atoms with Crippen LogP contribution in [0.2, 0.25) is 0 Å². The highest BCUT2D eigenvalue weighted by atomic mass is 79.9. The molecule has 1 heterocycles. The highest BCUT2D eigenvalue weighted by Gasteiger charge is 2.27. The lowest BCUT2D eigenvalue weighted by Gasteiger charge is -2.28. The largest absolute Gasteiger partial charge is 0.282 e. The van der Waals surface area contributed by atoms with Gasteiger partial charge in [-0.25, -0.2) is 0 Å². The first-order chi connectivity index (χ1) is 7.19. The van der Waals surface area contributed by atoms with Crippen LogP contribution in [0.25, 0.3) is 0 Å². The summed E-state index contributed by atoms with van der Waals surface area (Å²) >= 11 is 3.43. The van der Waals surface area contributed by atoms with Gasteiger partial charge in [0.25, 0.3) is 0 Å². The zero-order valence-electron chi connectivity index (χ0n) is 9.17. The van der Waals surface area contributed by atoms with E-state index in [4.69, 9.17) is 0 Å². The number of likely N-dealkylation sites (tertiary alicyclic amines) is 1. The fraction of sp³-hybridized carbons (Fsp3) is 0.818. The van der Waals surface area contributed by atoms with Crippen LogP contribution in [-0.2, 0) is 9.59 Å². The molecule has 15 heavy (non-hydrogen) atoms. The summed E-state index contributed by atoms with van der Waals surface area (Å²) < 4.78 is 0. The van der Waals surface area contributed by atoms with Crippen molar-refractivity contribution in [2.75, 3.05) is 11.9 Å². The van der Waals surface area contributed by atoms with Crippen molar-refractivity contribution in [2.45, 2.75) is 39.0 Å². The SMILES string of the molecule is CCCC(CBr)CN1C(=O)CCCC1=O. The minimum absolute atomic E-state index is 0.00769. The molecule has 0 aromatic heterocycles. The average Bonchev–Trinajstić information content (AvgIpc) is 2.22. The van der Waals surface area contributed by atoms with Gasteiger partial charge in [-0.3, -0.25) is 14.5 Å². The topological polar surface area (TPSA) is 37.4 Å². The molecular formula is C11H18BrNO2. The molecule has 0 aliphatic carbocycles. The molecule has 2 amide bonds. The lowest BCUT2D eigenvalue weighted by molar-refractivity contribution is -0.148. The van der Waals surface area contributed by atoms with E-state index in [9.17, 15) is 9.59 Å². The number of rotatable bonds is 5. The standard InChI is InChI=1S/C11H18BrNO2/c1-2-4-9(7-12)8-13-10(14)5-3-6-11(13)15/h9H,2-8H2,1H3. The van der Waals surface area contributed by atoms with Crippen molar-refractivity contribution in [1.82, 2.24) is 4.90 Å². The van der Waals surface area contributed by atoms with Crippen LogP contribution in [0.3, 0.4) is 0 Å². The Bertz CT molecular complexity index is 227. The molecule has 0 bridgehead atoms. The van der Waals surface area contributed by atoms with Crippen molar-refractivity contribution in [3.8, 4) is 0 Å². The van der Waals surface area contributed by atoms with Gasteiger partial charge in [0.15, 0.2) is 0 Å². The van der Waals surface area contributed by atoms with E-state index in [1.807, 2.05) is 0 Å². The summed E-state index contributed by atoms with van der Waals surface area (Å²) in [5.41, 5.74) is 0. The van der Waals surface area contributed by atoms with Crippen LogP contribution in [0.15, 0.2) is 0 Å². The van der Waals surface area contributed by atoms with Crippen LogP contribution in [0.5, 0.6) is 0 Å². The van der Waals surface area contributed by atoms with Gasteiger partial charge in [0.1, 0.15) is 0 Å². The first-order valence-electron chi connectivity index (χ1n) is 5.58. The van der Waals surface area contributed by atoms with Gasteiger partial charge in [0.05, 0.1) is 0 Å². The molecule has 1 fully saturated rings. The van der Waals surface area contributed by atoms with Crippen molar-refractivity contribution in [3.05, 3.63) is 0 Å². The van der Waals surface area contributed by atoms with E-state index in [2.05, 4.69) is 22.9 Å². The van der Waals surface area contributed by atoms with Crippen molar-refractivity contribution >= 4 is 27.7 Å². The summed E-state index contributed by atoms with van der Waals surface area (Å²) in [7, 11) is 0. The normalized spacial score (nSPS) is 19.5. The molecule has 3 nitrogen and oxygen atoms in total. The van der Waals surface area contributed by atoms with Crippen molar-refractivity contribution in [1.29, 1.82) is 0 Å². The molecule has 0 aromatic rings. The summed E-state index contributed by atoms with van der Waals surface area (Å²) in [5, 5.41) is 0.859. The highest BCUT2D eigenvalue weighted by Crippen LogP contribution is 2.17. The van der Waals surface area contributed by atoms with Crippen LogP contribution in [-0.4, -0.2) is 28.6 Å². The molecule has 86 valence electrons. The van der Waals surface area contributed by atoms with E-state index in [0.29, 0.717) is 25.3 Å². The minimum Gasteiger partial charge on any atom is -0.282 e. The average molecular weight is 276 g/mol. The molecular weight excluding hydrogens is 258 g/mol. The van der Waals surface area contributed by atoms with E-state index >= 15 is 0 Å². The van der Waals surface area contributed by atoms with Crippen LogP contribution in [0.4, 0.5) is 0 Å². The quantitative estimate of drug-likeness (QED) is 0.571. The predicted molar refractivity (Wildman–Crippen MR) is 62.8 cm³/mol. The van der Waals surface area contributed by atoms with E-state index < -0.39 is 0 Å². The number of carbonyl (C=O) groups is 2. The predicted octanol–water partition coefficient (Wildman–Crippen LogP) is 2.34. The first-order valence-corrected chi connectivity index (χ1v) is 6.70. The van der Waals surface area contributed by atoms with Crippen LogP contribution >= 0.6 is 15.9 Å². The molecule has 1 aliphatic rings. The Morgan fingerprint density at radius 2 is 1.93 bits per heavy atom. The monoisotopic (exact) mass is 275 g/mol. The van der Waals surface area contributed by atoms with Crippen LogP contribution < -0.4 is 0 Å². The molecule has 0 spiro atoms. The summed E-state index contributed by atoms with van der Waals surface area (Å²) in [4.78, 5) is 24.5. The van der Waals surface area contributed by atoms with Gasteiger partial charge in [-0.05, 0) is 18.8 Å². The molecule has 0 aromatic carbocycles. The second-order valence-electron chi connectivity index (χ2n) is 4.06. The molecule has 1 aliphatic heterocycles. The van der Waals surface area contributed by atoms with Gasteiger partial charge in [-0.15, -0.1) is 0 Å². The van der Waals surface area contributed by atoms with Gasteiger partial charge in [0, 0.05) is 24.7 Å². The molecule has 1 unspecified atom stereocenters. The van der Waals surface area contributed by atoms with E-state index in [0.717, 1.165) is 24.6 Å². The molecule has 0 radical (unpaired) electrons. The summed E-state index contributed by atoms with van der Waals surface area (Å²) in [5.74, 6) is 0.419. The molecule has 4 heteroatoms. The molecule has 1 rings (SSSR count). The van der Waals surface area contributed by atoms with Gasteiger partial charge >= 0.3 is 0 Å². The third kappa shape index (κ3) is 3.59. The molecule has 0 N–H and O–H groups in total. The minimum atomic E-state index is 0.00769. The summed E-state index contributed by atoms with van der Waals surface area (Å²) in [6.07, 6.45) is 3.94. The Hall–Kier alpha value is -0.380. The van der Waals surface area contributed by atoms with E-state index in [1.165, 1.54) is 4.90 Å². The zero-order valence-corrected chi connectivity index (χ0v) is 10.8. The van der Waals surface area contributed by atoms with Gasteiger partial charge in [0.2, 0.25) is 11.8 Å². The fourth-order valence-corrected chi connectivity index (χ4v) is 2.42. The second kappa shape index (κ2) is 6.26.